The van der Waals surface area contributed by atoms with Gasteiger partial charge < -0.3 is 5.32 Å². The van der Waals surface area contributed by atoms with Crippen molar-refractivity contribution in [2.45, 2.75) is 38.6 Å². The van der Waals surface area contributed by atoms with E-state index in [4.69, 9.17) is 0 Å². The molecule has 1 heterocycles. The number of hydrogen-bond donors (Lipinski definition) is 1. The SMILES string of the molecule is CC(Nc1ncc([N+](=O)[O-])cn1)C1CCCC1. The molecule has 0 radical (unpaired) electrons. The number of rotatable bonds is 4. The second-order valence-corrected chi connectivity index (χ2v) is 4.50. The van der Waals surface area contributed by atoms with Crippen LogP contribution in [0.1, 0.15) is 32.6 Å². The van der Waals surface area contributed by atoms with E-state index in [1.807, 2.05) is 0 Å². The average Bonchev–Trinajstić information content (AvgIpc) is 2.83. The second kappa shape index (κ2) is 5.07. The highest BCUT2D eigenvalue weighted by Gasteiger charge is 2.22. The first-order valence-electron chi connectivity index (χ1n) is 5.90. The van der Waals surface area contributed by atoms with Gasteiger partial charge in [-0.3, -0.25) is 10.1 Å². The number of aromatic nitrogens is 2. The Kier molecular flexibility index (Phi) is 3.51. The molecule has 6 heteroatoms. The van der Waals surface area contributed by atoms with Crippen molar-refractivity contribution in [3.8, 4) is 0 Å². The molecule has 1 saturated carbocycles. The highest BCUT2D eigenvalue weighted by Crippen LogP contribution is 2.28. The number of nitrogens with zero attached hydrogens (tertiary/aromatic N) is 3. The quantitative estimate of drug-likeness (QED) is 0.641. The topological polar surface area (TPSA) is 81.0 Å². The van der Waals surface area contributed by atoms with Crippen LogP contribution in [-0.4, -0.2) is 20.9 Å². The van der Waals surface area contributed by atoms with Crippen LogP contribution in [0.4, 0.5) is 11.6 Å². The highest BCUT2D eigenvalue weighted by molar-refractivity contribution is 5.31. The Morgan fingerprint density at radius 2 is 2.00 bits per heavy atom. The molecule has 17 heavy (non-hydrogen) atoms. The van der Waals surface area contributed by atoms with Gasteiger partial charge in [0, 0.05) is 6.04 Å². The van der Waals surface area contributed by atoms with Crippen LogP contribution in [0.3, 0.4) is 0 Å². The molecule has 92 valence electrons. The Bertz CT molecular complexity index is 387. The maximum absolute atomic E-state index is 10.4. The molecule has 1 aliphatic rings. The maximum Gasteiger partial charge on any atom is 0.305 e. The van der Waals surface area contributed by atoms with Crippen LogP contribution in [0.15, 0.2) is 12.4 Å². The van der Waals surface area contributed by atoms with Gasteiger partial charge in [0.1, 0.15) is 12.4 Å². The van der Waals surface area contributed by atoms with Crippen LogP contribution in [0.25, 0.3) is 0 Å². The molecular weight excluding hydrogens is 220 g/mol. The molecule has 6 nitrogen and oxygen atoms in total. The fraction of sp³-hybridized carbons (Fsp3) is 0.636. The summed E-state index contributed by atoms with van der Waals surface area (Å²) >= 11 is 0. The Morgan fingerprint density at radius 1 is 1.41 bits per heavy atom. The van der Waals surface area contributed by atoms with Gasteiger partial charge in [0.2, 0.25) is 5.95 Å². The molecule has 1 aromatic heterocycles. The van der Waals surface area contributed by atoms with Gasteiger partial charge in [-0.25, -0.2) is 9.97 Å². The summed E-state index contributed by atoms with van der Waals surface area (Å²) in [4.78, 5) is 17.8. The zero-order chi connectivity index (χ0) is 12.3. The van der Waals surface area contributed by atoms with E-state index in [1.165, 1.54) is 38.1 Å². The summed E-state index contributed by atoms with van der Waals surface area (Å²) in [7, 11) is 0. The lowest BCUT2D eigenvalue weighted by molar-refractivity contribution is -0.385. The van der Waals surface area contributed by atoms with Crippen molar-refractivity contribution in [3.63, 3.8) is 0 Å². The minimum atomic E-state index is -0.496. The third kappa shape index (κ3) is 2.89. The van der Waals surface area contributed by atoms with Gasteiger partial charge in [0.15, 0.2) is 0 Å². The first kappa shape index (κ1) is 11.8. The number of nitro groups is 1. The van der Waals surface area contributed by atoms with Gasteiger partial charge in [-0.1, -0.05) is 12.8 Å². The minimum Gasteiger partial charge on any atom is -0.351 e. The summed E-state index contributed by atoms with van der Waals surface area (Å²) in [5.74, 6) is 1.13. The first-order chi connectivity index (χ1) is 8.16. The van der Waals surface area contributed by atoms with Crippen molar-refractivity contribution in [2.24, 2.45) is 5.92 Å². The van der Waals surface area contributed by atoms with E-state index in [0.29, 0.717) is 17.9 Å². The van der Waals surface area contributed by atoms with E-state index in [1.54, 1.807) is 0 Å². The van der Waals surface area contributed by atoms with E-state index in [9.17, 15) is 10.1 Å². The van der Waals surface area contributed by atoms with E-state index in [0.717, 1.165) is 0 Å². The summed E-state index contributed by atoms with van der Waals surface area (Å²) in [6.45, 7) is 2.11. The third-order valence-electron chi connectivity index (χ3n) is 3.31. The molecule has 1 aliphatic carbocycles. The van der Waals surface area contributed by atoms with Crippen LogP contribution in [0.2, 0.25) is 0 Å². The van der Waals surface area contributed by atoms with Crippen LogP contribution < -0.4 is 5.32 Å². The Morgan fingerprint density at radius 3 is 2.53 bits per heavy atom. The van der Waals surface area contributed by atoms with Gasteiger partial charge in [0.25, 0.3) is 0 Å². The monoisotopic (exact) mass is 236 g/mol. The molecule has 1 aromatic rings. The summed E-state index contributed by atoms with van der Waals surface area (Å²) in [6, 6.07) is 0.318. The summed E-state index contributed by atoms with van der Waals surface area (Å²) in [5.41, 5.74) is -0.0796. The summed E-state index contributed by atoms with van der Waals surface area (Å²) in [5, 5.41) is 13.7. The first-order valence-corrected chi connectivity index (χ1v) is 5.90. The normalized spacial score (nSPS) is 17.9. The number of nitrogens with one attached hydrogen (secondary N) is 1. The highest BCUT2D eigenvalue weighted by atomic mass is 16.6. The Balaban J connectivity index is 1.96. The van der Waals surface area contributed by atoms with Crippen molar-refractivity contribution in [1.82, 2.24) is 9.97 Å². The lowest BCUT2D eigenvalue weighted by Crippen LogP contribution is -2.24. The largest absolute Gasteiger partial charge is 0.351 e. The van der Waals surface area contributed by atoms with E-state index in [2.05, 4.69) is 22.2 Å². The van der Waals surface area contributed by atoms with Crippen LogP contribution in [0.5, 0.6) is 0 Å². The Hall–Kier alpha value is -1.72. The molecule has 0 spiro atoms. The fourth-order valence-corrected chi connectivity index (χ4v) is 2.27. The van der Waals surface area contributed by atoms with Crippen LogP contribution >= 0.6 is 0 Å². The molecule has 0 aliphatic heterocycles. The van der Waals surface area contributed by atoms with E-state index in [-0.39, 0.29) is 5.69 Å². The molecule has 0 saturated heterocycles. The fourth-order valence-electron chi connectivity index (χ4n) is 2.27. The molecule has 1 N–H and O–H groups in total. The number of anilines is 1. The third-order valence-corrected chi connectivity index (χ3v) is 3.31. The summed E-state index contributed by atoms with van der Waals surface area (Å²) in [6.07, 6.45) is 7.52. The smallest absolute Gasteiger partial charge is 0.305 e. The predicted octanol–water partition coefficient (Wildman–Crippen LogP) is 2.38. The second-order valence-electron chi connectivity index (χ2n) is 4.50. The van der Waals surface area contributed by atoms with Gasteiger partial charge >= 0.3 is 5.69 Å². The van der Waals surface area contributed by atoms with Crippen molar-refractivity contribution in [2.75, 3.05) is 5.32 Å². The minimum absolute atomic E-state index is 0.0796. The molecule has 0 amide bonds. The van der Waals surface area contributed by atoms with Crippen molar-refractivity contribution in [3.05, 3.63) is 22.5 Å². The molecule has 1 unspecified atom stereocenters. The molecule has 2 rings (SSSR count). The van der Waals surface area contributed by atoms with E-state index < -0.39 is 4.92 Å². The van der Waals surface area contributed by atoms with Crippen molar-refractivity contribution >= 4 is 11.6 Å². The van der Waals surface area contributed by atoms with Crippen molar-refractivity contribution < 1.29 is 4.92 Å². The summed E-state index contributed by atoms with van der Waals surface area (Å²) < 4.78 is 0. The molecule has 1 atom stereocenters. The van der Waals surface area contributed by atoms with Gasteiger partial charge in [0.05, 0.1) is 4.92 Å². The molecule has 0 bridgehead atoms. The standard InChI is InChI=1S/C11H16N4O2/c1-8(9-4-2-3-5-9)14-11-12-6-10(7-13-11)15(16)17/h6-9H,2-5H2,1H3,(H,12,13,14). The van der Waals surface area contributed by atoms with E-state index >= 15 is 0 Å². The predicted molar refractivity (Wildman–Crippen MR) is 63.7 cm³/mol. The average molecular weight is 236 g/mol. The van der Waals surface area contributed by atoms with Crippen molar-refractivity contribution in [1.29, 1.82) is 0 Å². The van der Waals surface area contributed by atoms with Gasteiger partial charge in [-0.15, -0.1) is 0 Å². The van der Waals surface area contributed by atoms with Crippen LogP contribution in [0, 0.1) is 16.0 Å². The zero-order valence-electron chi connectivity index (χ0n) is 9.80. The number of hydrogen-bond acceptors (Lipinski definition) is 5. The lowest BCUT2D eigenvalue weighted by Gasteiger charge is -2.19. The van der Waals surface area contributed by atoms with Gasteiger partial charge in [-0.2, -0.15) is 0 Å². The molecule has 0 aromatic carbocycles. The maximum atomic E-state index is 10.4. The van der Waals surface area contributed by atoms with Crippen LogP contribution in [-0.2, 0) is 0 Å². The lowest BCUT2D eigenvalue weighted by atomic mass is 10.0. The Labute approximate surface area is 99.6 Å². The van der Waals surface area contributed by atoms with Gasteiger partial charge in [-0.05, 0) is 25.7 Å². The molecule has 1 fully saturated rings. The molecular formula is C11H16N4O2. The zero-order valence-corrected chi connectivity index (χ0v) is 9.80.